The van der Waals surface area contributed by atoms with Crippen LogP contribution < -0.4 is 10.5 Å². The van der Waals surface area contributed by atoms with Crippen LogP contribution in [-0.4, -0.2) is 10.8 Å². The van der Waals surface area contributed by atoms with Gasteiger partial charge in [0.05, 0.1) is 0 Å². The number of ether oxygens (including phenoxy) is 1. The maximum absolute atomic E-state index is 5.91. The van der Waals surface area contributed by atoms with Gasteiger partial charge in [0.15, 0.2) is 5.84 Å². The van der Waals surface area contributed by atoms with Crippen LogP contribution in [0.5, 0.6) is 11.6 Å². The van der Waals surface area contributed by atoms with Crippen molar-refractivity contribution in [2.75, 3.05) is 0 Å². The lowest BCUT2D eigenvalue weighted by molar-refractivity contribution is 0.130. The molecule has 0 aliphatic carbocycles. The van der Waals surface area contributed by atoms with E-state index in [1.165, 1.54) is 0 Å². The number of nitrogens with zero attached hydrogens (tertiary/aromatic N) is 2. The molecule has 5 heteroatoms. The Morgan fingerprint density at radius 3 is 2.29 bits per heavy atom. The number of para-hydroxylation sites is 1. The monoisotopic (exact) mass is 319 g/mol. The van der Waals surface area contributed by atoms with Crippen LogP contribution in [0.15, 0.2) is 84.1 Å². The average Bonchev–Trinajstić information content (AvgIpc) is 2.64. The number of aromatic nitrogens is 1. The zero-order valence-electron chi connectivity index (χ0n) is 13.0. The summed E-state index contributed by atoms with van der Waals surface area (Å²) >= 11 is 0. The Morgan fingerprint density at radius 1 is 0.917 bits per heavy atom. The van der Waals surface area contributed by atoms with E-state index in [9.17, 15) is 0 Å². The quantitative estimate of drug-likeness (QED) is 0.427. The van der Waals surface area contributed by atoms with Crippen molar-refractivity contribution in [1.82, 2.24) is 4.98 Å². The number of oxime groups is 1. The summed E-state index contributed by atoms with van der Waals surface area (Å²) < 4.78 is 5.63. The standard InChI is InChI=1S/C19H17N3O2/c20-19(22-23-14-15-7-3-1-4-8-15)16-11-12-18(21-13-16)24-17-9-5-2-6-10-17/h1-13H,14H2,(H2,20,22). The van der Waals surface area contributed by atoms with E-state index in [2.05, 4.69) is 10.1 Å². The van der Waals surface area contributed by atoms with Gasteiger partial charge in [0.1, 0.15) is 12.4 Å². The van der Waals surface area contributed by atoms with Crippen LogP contribution in [0.25, 0.3) is 0 Å². The van der Waals surface area contributed by atoms with Crippen molar-refractivity contribution in [3.05, 3.63) is 90.1 Å². The van der Waals surface area contributed by atoms with Crippen LogP contribution in [0, 0.1) is 0 Å². The Kier molecular flexibility index (Phi) is 5.04. The molecule has 0 atom stereocenters. The molecule has 0 unspecified atom stereocenters. The number of nitrogens with two attached hydrogens (primary N) is 1. The van der Waals surface area contributed by atoms with Crippen LogP contribution in [0.2, 0.25) is 0 Å². The van der Waals surface area contributed by atoms with Gasteiger partial charge in [0, 0.05) is 17.8 Å². The molecule has 0 aliphatic heterocycles. The van der Waals surface area contributed by atoms with E-state index in [1.807, 2.05) is 60.7 Å². The van der Waals surface area contributed by atoms with E-state index in [0.717, 1.165) is 11.3 Å². The van der Waals surface area contributed by atoms with E-state index in [4.69, 9.17) is 15.3 Å². The Bertz CT molecular complexity index is 788. The van der Waals surface area contributed by atoms with Gasteiger partial charge in [0.25, 0.3) is 0 Å². The van der Waals surface area contributed by atoms with Crippen molar-refractivity contribution in [2.24, 2.45) is 10.9 Å². The second kappa shape index (κ2) is 7.78. The van der Waals surface area contributed by atoms with Gasteiger partial charge in [0.2, 0.25) is 5.88 Å². The van der Waals surface area contributed by atoms with Crippen LogP contribution in [-0.2, 0) is 11.4 Å². The Balaban J connectivity index is 1.59. The molecule has 5 nitrogen and oxygen atoms in total. The molecule has 0 saturated heterocycles. The molecule has 120 valence electrons. The van der Waals surface area contributed by atoms with Crippen molar-refractivity contribution in [1.29, 1.82) is 0 Å². The predicted molar refractivity (Wildman–Crippen MR) is 92.7 cm³/mol. The Hall–Kier alpha value is -3.34. The third-order valence-corrected chi connectivity index (χ3v) is 3.23. The number of benzene rings is 2. The number of pyridine rings is 1. The largest absolute Gasteiger partial charge is 0.439 e. The lowest BCUT2D eigenvalue weighted by Crippen LogP contribution is -2.14. The first-order valence-electron chi connectivity index (χ1n) is 7.50. The zero-order valence-corrected chi connectivity index (χ0v) is 13.0. The van der Waals surface area contributed by atoms with E-state index in [-0.39, 0.29) is 5.84 Å². The smallest absolute Gasteiger partial charge is 0.219 e. The van der Waals surface area contributed by atoms with E-state index >= 15 is 0 Å². The molecule has 1 heterocycles. The molecule has 0 radical (unpaired) electrons. The molecule has 1 aromatic heterocycles. The van der Waals surface area contributed by atoms with Crippen molar-refractivity contribution in [3.8, 4) is 11.6 Å². The molecule has 0 amide bonds. The summed E-state index contributed by atoms with van der Waals surface area (Å²) in [6.07, 6.45) is 1.60. The minimum absolute atomic E-state index is 0.268. The van der Waals surface area contributed by atoms with Gasteiger partial charge in [-0.25, -0.2) is 4.98 Å². The molecule has 0 aliphatic rings. The number of hydrogen-bond acceptors (Lipinski definition) is 4. The first-order valence-corrected chi connectivity index (χ1v) is 7.50. The summed E-state index contributed by atoms with van der Waals surface area (Å²) in [5.74, 6) is 1.48. The van der Waals surface area contributed by atoms with Crippen LogP contribution >= 0.6 is 0 Å². The number of hydrogen-bond donors (Lipinski definition) is 1. The summed E-state index contributed by atoms with van der Waals surface area (Å²) in [5, 5.41) is 3.92. The topological polar surface area (TPSA) is 69.7 Å². The van der Waals surface area contributed by atoms with Crippen molar-refractivity contribution < 1.29 is 9.57 Å². The van der Waals surface area contributed by atoms with Gasteiger partial charge in [-0.1, -0.05) is 53.7 Å². The Morgan fingerprint density at radius 2 is 1.62 bits per heavy atom. The molecule has 0 saturated carbocycles. The first kappa shape index (κ1) is 15.6. The van der Waals surface area contributed by atoms with Crippen LogP contribution in [0.4, 0.5) is 0 Å². The summed E-state index contributed by atoms with van der Waals surface area (Å²) in [6.45, 7) is 0.365. The third kappa shape index (κ3) is 4.33. The lowest BCUT2D eigenvalue weighted by atomic mass is 10.2. The number of amidine groups is 1. The summed E-state index contributed by atoms with van der Waals surface area (Å²) in [5.41, 5.74) is 7.60. The van der Waals surface area contributed by atoms with Crippen LogP contribution in [0.3, 0.4) is 0 Å². The van der Waals surface area contributed by atoms with Gasteiger partial charge in [-0.3, -0.25) is 0 Å². The van der Waals surface area contributed by atoms with Gasteiger partial charge in [-0.2, -0.15) is 0 Å². The highest BCUT2D eigenvalue weighted by molar-refractivity contribution is 5.96. The maximum Gasteiger partial charge on any atom is 0.219 e. The normalized spacial score (nSPS) is 11.1. The van der Waals surface area contributed by atoms with E-state index < -0.39 is 0 Å². The zero-order chi connectivity index (χ0) is 16.6. The molecular weight excluding hydrogens is 302 g/mol. The molecule has 24 heavy (non-hydrogen) atoms. The Labute approximate surface area is 140 Å². The van der Waals surface area contributed by atoms with Crippen molar-refractivity contribution in [3.63, 3.8) is 0 Å². The van der Waals surface area contributed by atoms with E-state index in [0.29, 0.717) is 18.1 Å². The summed E-state index contributed by atoms with van der Waals surface area (Å²) in [6, 6.07) is 22.7. The van der Waals surface area contributed by atoms with Crippen LogP contribution in [0.1, 0.15) is 11.1 Å². The lowest BCUT2D eigenvalue weighted by Gasteiger charge is -2.05. The highest BCUT2D eigenvalue weighted by Gasteiger charge is 2.03. The molecule has 0 fully saturated rings. The molecule has 2 N–H and O–H groups in total. The second-order valence-corrected chi connectivity index (χ2v) is 5.04. The first-order chi connectivity index (χ1) is 11.8. The van der Waals surface area contributed by atoms with Crippen molar-refractivity contribution in [2.45, 2.75) is 6.61 Å². The highest BCUT2D eigenvalue weighted by atomic mass is 16.6. The minimum Gasteiger partial charge on any atom is -0.439 e. The van der Waals surface area contributed by atoms with Crippen molar-refractivity contribution >= 4 is 5.84 Å². The molecule has 0 spiro atoms. The third-order valence-electron chi connectivity index (χ3n) is 3.23. The SMILES string of the molecule is N/C(=N\OCc1ccccc1)c1ccc(Oc2ccccc2)nc1. The van der Waals surface area contributed by atoms with Gasteiger partial charge in [-0.15, -0.1) is 0 Å². The van der Waals surface area contributed by atoms with Gasteiger partial charge in [-0.05, 0) is 23.8 Å². The summed E-state index contributed by atoms with van der Waals surface area (Å²) in [7, 11) is 0. The highest BCUT2D eigenvalue weighted by Crippen LogP contribution is 2.18. The predicted octanol–water partition coefficient (Wildman–Crippen LogP) is 3.71. The van der Waals surface area contributed by atoms with E-state index in [1.54, 1.807) is 18.3 Å². The fraction of sp³-hybridized carbons (Fsp3) is 0.0526. The molecule has 2 aromatic carbocycles. The summed E-state index contributed by atoms with van der Waals surface area (Å²) in [4.78, 5) is 9.49. The fourth-order valence-corrected chi connectivity index (χ4v) is 2.00. The molecular formula is C19H17N3O2. The van der Waals surface area contributed by atoms with Gasteiger partial charge >= 0.3 is 0 Å². The second-order valence-electron chi connectivity index (χ2n) is 5.04. The fourth-order valence-electron chi connectivity index (χ4n) is 2.00. The minimum atomic E-state index is 0.268. The average molecular weight is 319 g/mol. The maximum atomic E-state index is 5.91. The molecule has 3 aromatic rings. The molecule has 0 bridgehead atoms. The van der Waals surface area contributed by atoms with Gasteiger partial charge < -0.3 is 15.3 Å². The number of rotatable bonds is 6. The molecule has 3 rings (SSSR count).